The standard InChI is InChI=1S/C9H9ClN2O/c10-4-9(13)6-1-2-7-8(3-6)12-5-11-7/h1-3,5,9,13H,4H2,(H,11,12). The van der Waals surface area contributed by atoms with Gasteiger partial charge in [0, 0.05) is 0 Å². The van der Waals surface area contributed by atoms with Crippen molar-refractivity contribution >= 4 is 22.6 Å². The molecule has 2 rings (SSSR count). The van der Waals surface area contributed by atoms with Crippen LogP contribution in [0.5, 0.6) is 0 Å². The predicted octanol–water partition coefficient (Wildman–Crippen LogP) is 1.84. The van der Waals surface area contributed by atoms with Gasteiger partial charge in [-0.3, -0.25) is 0 Å². The summed E-state index contributed by atoms with van der Waals surface area (Å²) >= 11 is 5.54. The Kier molecular flexibility index (Phi) is 2.20. The quantitative estimate of drug-likeness (QED) is 0.720. The first-order valence-electron chi connectivity index (χ1n) is 3.98. The Hall–Kier alpha value is -1.06. The van der Waals surface area contributed by atoms with E-state index in [9.17, 15) is 5.11 Å². The highest BCUT2D eigenvalue weighted by Crippen LogP contribution is 2.18. The van der Waals surface area contributed by atoms with Gasteiger partial charge in [0.15, 0.2) is 0 Å². The van der Waals surface area contributed by atoms with Gasteiger partial charge in [-0.1, -0.05) is 6.07 Å². The van der Waals surface area contributed by atoms with Gasteiger partial charge < -0.3 is 10.1 Å². The van der Waals surface area contributed by atoms with Crippen molar-refractivity contribution in [2.75, 3.05) is 5.88 Å². The smallest absolute Gasteiger partial charge is 0.0931 e. The molecule has 13 heavy (non-hydrogen) atoms. The van der Waals surface area contributed by atoms with E-state index in [1.54, 1.807) is 6.33 Å². The summed E-state index contributed by atoms with van der Waals surface area (Å²) in [5, 5.41) is 9.46. The van der Waals surface area contributed by atoms with Crippen LogP contribution in [-0.4, -0.2) is 21.0 Å². The number of fused-ring (bicyclic) bond motifs is 1. The molecule has 0 saturated carbocycles. The summed E-state index contributed by atoms with van der Waals surface area (Å²) in [6.45, 7) is 0. The van der Waals surface area contributed by atoms with Gasteiger partial charge in [0.1, 0.15) is 0 Å². The zero-order valence-electron chi connectivity index (χ0n) is 6.87. The van der Waals surface area contributed by atoms with Crippen molar-refractivity contribution < 1.29 is 5.11 Å². The Morgan fingerprint density at radius 1 is 1.54 bits per heavy atom. The number of rotatable bonds is 2. The van der Waals surface area contributed by atoms with Gasteiger partial charge in [-0.05, 0) is 17.7 Å². The van der Waals surface area contributed by atoms with Gasteiger partial charge in [0.2, 0.25) is 0 Å². The second-order valence-electron chi connectivity index (χ2n) is 2.85. The lowest BCUT2D eigenvalue weighted by molar-refractivity contribution is 0.203. The Labute approximate surface area is 80.4 Å². The molecule has 4 heteroatoms. The summed E-state index contributed by atoms with van der Waals surface area (Å²) < 4.78 is 0. The molecule has 1 heterocycles. The van der Waals surface area contributed by atoms with Crippen LogP contribution >= 0.6 is 11.6 Å². The number of halogens is 1. The van der Waals surface area contributed by atoms with Crippen molar-refractivity contribution in [1.29, 1.82) is 0 Å². The number of hydrogen-bond donors (Lipinski definition) is 2. The van der Waals surface area contributed by atoms with E-state index in [1.165, 1.54) is 0 Å². The van der Waals surface area contributed by atoms with Crippen molar-refractivity contribution in [2.45, 2.75) is 6.10 Å². The predicted molar refractivity (Wildman–Crippen MR) is 51.8 cm³/mol. The number of nitrogens with zero attached hydrogens (tertiary/aromatic N) is 1. The van der Waals surface area contributed by atoms with Gasteiger partial charge >= 0.3 is 0 Å². The van der Waals surface area contributed by atoms with E-state index in [0.717, 1.165) is 16.6 Å². The number of aliphatic hydroxyl groups excluding tert-OH is 1. The molecule has 2 aromatic rings. The molecule has 1 aromatic heterocycles. The van der Waals surface area contributed by atoms with Gasteiger partial charge in [-0.15, -0.1) is 11.6 Å². The summed E-state index contributed by atoms with van der Waals surface area (Å²) in [6.07, 6.45) is 1.02. The zero-order chi connectivity index (χ0) is 9.26. The molecule has 1 unspecified atom stereocenters. The van der Waals surface area contributed by atoms with E-state index in [-0.39, 0.29) is 5.88 Å². The summed E-state index contributed by atoms with van der Waals surface area (Å²) in [5.41, 5.74) is 2.62. The first-order chi connectivity index (χ1) is 6.31. The fourth-order valence-corrected chi connectivity index (χ4v) is 1.43. The van der Waals surface area contributed by atoms with E-state index in [2.05, 4.69) is 9.97 Å². The molecule has 68 valence electrons. The Bertz CT molecular complexity index is 413. The number of nitrogens with one attached hydrogen (secondary N) is 1. The molecule has 0 bridgehead atoms. The molecule has 2 N–H and O–H groups in total. The summed E-state index contributed by atoms with van der Waals surface area (Å²) in [7, 11) is 0. The average molecular weight is 197 g/mol. The lowest BCUT2D eigenvalue weighted by atomic mass is 10.1. The number of imidazole rings is 1. The third-order valence-corrected chi connectivity index (χ3v) is 2.27. The molecule has 0 amide bonds. The van der Waals surface area contributed by atoms with Crippen LogP contribution in [0.1, 0.15) is 11.7 Å². The minimum absolute atomic E-state index is 0.208. The van der Waals surface area contributed by atoms with Gasteiger partial charge in [-0.25, -0.2) is 4.98 Å². The number of aromatic nitrogens is 2. The summed E-state index contributed by atoms with van der Waals surface area (Å²) in [5.74, 6) is 0.208. The molecule has 0 aliphatic rings. The first-order valence-corrected chi connectivity index (χ1v) is 4.52. The van der Waals surface area contributed by atoms with Crippen LogP contribution < -0.4 is 0 Å². The maximum atomic E-state index is 9.46. The van der Waals surface area contributed by atoms with E-state index >= 15 is 0 Å². The fraction of sp³-hybridized carbons (Fsp3) is 0.222. The number of aromatic amines is 1. The SMILES string of the molecule is OC(CCl)c1ccc2nc[nH]c2c1. The van der Waals surface area contributed by atoms with Crippen molar-refractivity contribution in [1.82, 2.24) is 9.97 Å². The van der Waals surface area contributed by atoms with Crippen LogP contribution in [-0.2, 0) is 0 Å². The van der Waals surface area contributed by atoms with E-state index in [4.69, 9.17) is 11.6 Å². The molecular formula is C9H9ClN2O. The molecular weight excluding hydrogens is 188 g/mol. The van der Waals surface area contributed by atoms with Crippen molar-refractivity contribution in [3.05, 3.63) is 30.1 Å². The van der Waals surface area contributed by atoms with Gasteiger partial charge in [0.25, 0.3) is 0 Å². The third kappa shape index (κ3) is 1.53. The first kappa shape index (κ1) is 8.53. The van der Waals surface area contributed by atoms with E-state index in [1.807, 2.05) is 18.2 Å². The monoisotopic (exact) mass is 196 g/mol. The van der Waals surface area contributed by atoms with E-state index in [0.29, 0.717) is 0 Å². The van der Waals surface area contributed by atoms with Crippen molar-refractivity contribution in [3.8, 4) is 0 Å². The third-order valence-electron chi connectivity index (χ3n) is 1.98. The van der Waals surface area contributed by atoms with E-state index < -0.39 is 6.10 Å². The van der Waals surface area contributed by atoms with Crippen LogP contribution in [0, 0.1) is 0 Å². The fourth-order valence-electron chi connectivity index (χ4n) is 1.25. The van der Waals surface area contributed by atoms with Crippen LogP contribution in [0.15, 0.2) is 24.5 Å². The highest BCUT2D eigenvalue weighted by Gasteiger charge is 2.06. The number of H-pyrrole nitrogens is 1. The number of alkyl halides is 1. The highest BCUT2D eigenvalue weighted by molar-refractivity contribution is 6.18. The van der Waals surface area contributed by atoms with Crippen LogP contribution in [0.25, 0.3) is 11.0 Å². The van der Waals surface area contributed by atoms with Crippen LogP contribution in [0.4, 0.5) is 0 Å². The molecule has 0 spiro atoms. The highest BCUT2D eigenvalue weighted by atomic mass is 35.5. The Morgan fingerprint density at radius 3 is 3.15 bits per heavy atom. The van der Waals surface area contributed by atoms with Gasteiger partial charge in [-0.2, -0.15) is 0 Å². The lowest BCUT2D eigenvalue weighted by Crippen LogP contribution is -1.97. The Morgan fingerprint density at radius 2 is 2.38 bits per heavy atom. The Balaban J connectivity index is 2.48. The molecule has 0 saturated heterocycles. The maximum absolute atomic E-state index is 9.46. The molecule has 1 aromatic carbocycles. The molecule has 0 aliphatic carbocycles. The second kappa shape index (κ2) is 3.36. The minimum atomic E-state index is -0.602. The normalized spacial score (nSPS) is 13.4. The zero-order valence-corrected chi connectivity index (χ0v) is 7.62. The molecule has 0 radical (unpaired) electrons. The van der Waals surface area contributed by atoms with Crippen molar-refractivity contribution in [2.24, 2.45) is 0 Å². The second-order valence-corrected chi connectivity index (χ2v) is 3.16. The molecule has 0 fully saturated rings. The summed E-state index contributed by atoms with van der Waals surface area (Å²) in [6, 6.07) is 5.54. The number of benzene rings is 1. The van der Waals surface area contributed by atoms with Crippen LogP contribution in [0.3, 0.4) is 0 Å². The largest absolute Gasteiger partial charge is 0.387 e. The van der Waals surface area contributed by atoms with Crippen LogP contribution in [0.2, 0.25) is 0 Å². The molecule has 0 aliphatic heterocycles. The lowest BCUT2D eigenvalue weighted by Gasteiger charge is -2.05. The number of aliphatic hydroxyl groups is 1. The van der Waals surface area contributed by atoms with Gasteiger partial charge in [0.05, 0.1) is 29.3 Å². The molecule has 1 atom stereocenters. The molecule has 3 nitrogen and oxygen atoms in total. The topological polar surface area (TPSA) is 48.9 Å². The average Bonchev–Trinajstić information content (AvgIpc) is 2.63. The summed E-state index contributed by atoms with van der Waals surface area (Å²) in [4.78, 5) is 7.05. The maximum Gasteiger partial charge on any atom is 0.0931 e. The minimum Gasteiger partial charge on any atom is -0.387 e. The number of hydrogen-bond acceptors (Lipinski definition) is 2. The van der Waals surface area contributed by atoms with Crippen molar-refractivity contribution in [3.63, 3.8) is 0 Å².